The standard InChI is InChI=1S/C17H18N4O4/c1-10(2)14(22)19-11-5-7-12(8-6-11)25-16-13(9-18)15(23)20(3)17(24)21(16)4/h5-8,10H,1-4H3,(H,19,22). The third kappa shape index (κ3) is 3.61. The lowest BCUT2D eigenvalue weighted by Gasteiger charge is -2.13. The molecule has 0 aliphatic heterocycles. The van der Waals surface area contributed by atoms with E-state index in [0.717, 1.165) is 9.13 Å². The second-order valence-electron chi connectivity index (χ2n) is 5.77. The normalized spacial score (nSPS) is 10.4. The molecule has 0 radical (unpaired) electrons. The average molecular weight is 342 g/mol. The summed E-state index contributed by atoms with van der Waals surface area (Å²) in [6, 6.07) is 8.16. The van der Waals surface area contributed by atoms with Gasteiger partial charge in [0.15, 0.2) is 5.56 Å². The van der Waals surface area contributed by atoms with E-state index in [-0.39, 0.29) is 23.3 Å². The minimum absolute atomic E-state index is 0.116. The van der Waals surface area contributed by atoms with Crippen molar-refractivity contribution in [2.45, 2.75) is 13.8 Å². The number of nitriles is 1. The molecule has 1 heterocycles. The van der Waals surface area contributed by atoms with E-state index >= 15 is 0 Å². The van der Waals surface area contributed by atoms with E-state index in [9.17, 15) is 19.6 Å². The van der Waals surface area contributed by atoms with Crippen molar-refractivity contribution in [3.63, 3.8) is 0 Å². The summed E-state index contributed by atoms with van der Waals surface area (Å²) < 4.78 is 7.50. The zero-order chi connectivity index (χ0) is 18.7. The van der Waals surface area contributed by atoms with Gasteiger partial charge in [-0.2, -0.15) is 5.26 Å². The lowest BCUT2D eigenvalue weighted by Crippen LogP contribution is -2.38. The lowest BCUT2D eigenvalue weighted by molar-refractivity contribution is -0.118. The Morgan fingerprint density at radius 2 is 1.76 bits per heavy atom. The predicted molar refractivity (Wildman–Crippen MR) is 91.6 cm³/mol. The van der Waals surface area contributed by atoms with Crippen molar-refractivity contribution in [3.8, 4) is 17.7 Å². The Morgan fingerprint density at radius 3 is 2.28 bits per heavy atom. The molecule has 2 rings (SSSR count). The van der Waals surface area contributed by atoms with Crippen molar-refractivity contribution in [2.75, 3.05) is 5.32 Å². The lowest BCUT2D eigenvalue weighted by atomic mass is 10.2. The molecule has 1 N–H and O–H groups in total. The van der Waals surface area contributed by atoms with Crippen LogP contribution in [0.5, 0.6) is 11.6 Å². The molecule has 1 aromatic carbocycles. The van der Waals surface area contributed by atoms with Crippen molar-refractivity contribution in [3.05, 3.63) is 50.7 Å². The largest absolute Gasteiger partial charge is 0.439 e. The Kier molecular flexibility index (Phi) is 5.08. The molecule has 2 aromatic rings. The molecule has 25 heavy (non-hydrogen) atoms. The highest BCUT2D eigenvalue weighted by Gasteiger charge is 2.17. The number of ether oxygens (including phenoxy) is 1. The molecule has 0 atom stereocenters. The molecule has 1 aromatic heterocycles. The van der Waals surface area contributed by atoms with Crippen LogP contribution in [-0.2, 0) is 18.9 Å². The number of nitrogens with one attached hydrogen (secondary N) is 1. The Balaban J connectivity index is 2.35. The highest BCUT2D eigenvalue weighted by Crippen LogP contribution is 2.23. The van der Waals surface area contributed by atoms with Gasteiger partial charge in [-0.25, -0.2) is 4.79 Å². The first-order chi connectivity index (χ1) is 11.8. The Morgan fingerprint density at radius 1 is 1.16 bits per heavy atom. The third-order valence-electron chi connectivity index (χ3n) is 3.58. The number of aromatic nitrogens is 2. The van der Waals surface area contributed by atoms with E-state index in [2.05, 4.69) is 5.32 Å². The zero-order valence-corrected chi connectivity index (χ0v) is 14.4. The summed E-state index contributed by atoms with van der Waals surface area (Å²) in [4.78, 5) is 35.7. The van der Waals surface area contributed by atoms with Crippen LogP contribution in [-0.4, -0.2) is 15.0 Å². The maximum absolute atomic E-state index is 12.0. The summed E-state index contributed by atoms with van der Waals surface area (Å²) >= 11 is 0. The molecule has 8 nitrogen and oxygen atoms in total. The summed E-state index contributed by atoms with van der Waals surface area (Å²) in [5, 5.41) is 11.9. The van der Waals surface area contributed by atoms with Crippen LogP contribution in [0, 0.1) is 17.2 Å². The van der Waals surface area contributed by atoms with Crippen LogP contribution in [0.2, 0.25) is 0 Å². The summed E-state index contributed by atoms with van der Waals surface area (Å²) in [6.07, 6.45) is 0. The van der Waals surface area contributed by atoms with Gasteiger partial charge in [0.05, 0.1) is 0 Å². The number of amides is 1. The molecule has 8 heteroatoms. The van der Waals surface area contributed by atoms with Gasteiger partial charge in [0.1, 0.15) is 11.8 Å². The summed E-state index contributed by atoms with van der Waals surface area (Å²) in [5.74, 6) is -0.0737. The quantitative estimate of drug-likeness (QED) is 0.902. The molecule has 1 amide bonds. The molecule has 0 saturated carbocycles. The Bertz CT molecular complexity index is 962. The second-order valence-corrected chi connectivity index (χ2v) is 5.77. The van der Waals surface area contributed by atoms with Crippen LogP contribution in [0.15, 0.2) is 33.9 Å². The van der Waals surface area contributed by atoms with E-state index in [0.29, 0.717) is 11.4 Å². The number of benzene rings is 1. The second kappa shape index (κ2) is 7.05. The average Bonchev–Trinajstić information content (AvgIpc) is 2.59. The summed E-state index contributed by atoms with van der Waals surface area (Å²) in [7, 11) is 2.71. The number of hydrogen-bond donors (Lipinski definition) is 1. The number of rotatable bonds is 4. The molecule has 130 valence electrons. The highest BCUT2D eigenvalue weighted by atomic mass is 16.5. The van der Waals surface area contributed by atoms with Gasteiger partial charge in [-0.3, -0.25) is 18.7 Å². The van der Waals surface area contributed by atoms with Crippen molar-refractivity contribution in [1.82, 2.24) is 9.13 Å². The molecule has 0 bridgehead atoms. The minimum Gasteiger partial charge on any atom is -0.439 e. The number of carbonyl (C=O) groups excluding carboxylic acids is 1. The molecular weight excluding hydrogens is 324 g/mol. The first-order valence-electron chi connectivity index (χ1n) is 7.55. The zero-order valence-electron chi connectivity index (χ0n) is 14.4. The fourth-order valence-corrected chi connectivity index (χ4v) is 2.05. The molecule has 0 spiro atoms. The van der Waals surface area contributed by atoms with E-state index in [1.165, 1.54) is 14.1 Å². The van der Waals surface area contributed by atoms with Gasteiger partial charge in [0.2, 0.25) is 11.8 Å². The van der Waals surface area contributed by atoms with E-state index in [4.69, 9.17) is 4.74 Å². The van der Waals surface area contributed by atoms with Crippen molar-refractivity contribution in [2.24, 2.45) is 20.0 Å². The van der Waals surface area contributed by atoms with Crippen LogP contribution >= 0.6 is 0 Å². The minimum atomic E-state index is -0.721. The van der Waals surface area contributed by atoms with Crippen LogP contribution in [0.3, 0.4) is 0 Å². The Hall–Kier alpha value is -3.34. The van der Waals surface area contributed by atoms with Crippen molar-refractivity contribution in [1.29, 1.82) is 5.26 Å². The molecule has 0 saturated heterocycles. The molecular formula is C17H18N4O4. The predicted octanol–water partition coefficient (Wildman–Crippen LogP) is 1.34. The molecule has 0 aliphatic rings. The van der Waals surface area contributed by atoms with Crippen LogP contribution in [0.4, 0.5) is 5.69 Å². The van der Waals surface area contributed by atoms with Gasteiger partial charge in [-0.05, 0) is 24.3 Å². The van der Waals surface area contributed by atoms with Crippen LogP contribution < -0.4 is 21.3 Å². The van der Waals surface area contributed by atoms with Gasteiger partial charge in [0.25, 0.3) is 5.56 Å². The smallest absolute Gasteiger partial charge is 0.333 e. The molecule has 0 fully saturated rings. The van der Waals surface area contributed by atoms with Gasteiger partial charge in [-0.15, -0.1) is 0 Å². The first kappa shape index (κ1) is 18.0. The number of nitrogens with zero attached hydrogens (tertiary/aromatic N) is 3. The van der Waals surface area contributed by atoms with Crippen LogP contribution in [0.1, 0.15) is 19.4 Å². The topological polar surface area (TPSA) is 106 Å². The third-order valence-corrected chi connectivity index (χ3v) is 3.58. The summed E-state index contributed by atoms with van der Waals surface area (Å²) in [6.45, 7) is 3.57. The SMILES string of the molecule is CC(C)C(=O)Nc1ccc(Oc2c(C#N)c(=O)n(C)c(=O)n2C)cc1. The molecule has 0 unspecified atom stereocenters. The van der Waals surface area contributed by atoms with Gasteiger partial charge in [-0.1, -0.05) is 13.8 Å². The first-order valence-corrected chi connectivity index (χ1v) is 7.55. The monoisotopic (exact) mass is 342 g/mol. The number of carbonyl (C=O) groups is 1. The fraction of sp³-hybridized carbons (Fsp3) is 0.294. The summed E-state index contributed by atoms with van der Waals surface area (Å²) in [5.41, 5.74) is -0.993. The van der Waals surface area contributed by atoms with Gasteiger partial charge in [0, 0.05) is 25.7 Å². The van der Waals surface area contributed by atoms with E-state index in [1.54, 1.807) is 44.2 Å². The Labute approximate surface area is 143 Å². The highest BCUT2D eigenvalue weighted by molar-refractivity contribution is 5.92. The van der Waals surface area contributed by atoms with Gasteiger partial charge < -0.3 is 10.1 Å². The fourth-order valence-electron chi connectivity index (χ4n) is 2.05. The van der Waals surface area contributed by atoms with Crippen molar-refractivity contribution < 1.29 is 9.53 Å². The number of anilines is 1. The maximum Gasteiger partial charge on any atom is 0.333 e. The maximum atomic E-state index is 12.0. The molecule has 0 aliphatic carbocycles. The van der Waals surface area contributed by atoms with E-state index < -0.39 is 11.2 Å². The van der Waals surface area contributed by atoms with E-state index in [1.807, 2.05) is 0 Å². The number of hydrogen-bond acceptors (Lipinski definition) is 5. The van der Waals surface area contributed by atoms with Gasteiger partial charge >= 0.3 is 5.69 Å². The van der Waals surface area contributed by atoms with Crippen LogP contribution in [0.25, 0.3) is 0 Å². The van der Waals surface area contributed by atoms with Crippen molar-refractivity contribution >= 4 is 11.6 Å².